The molecule has 9 heteroatoms. The lowest BCUT2D eigenvalue weighted by molar-refractivity contribution is 0.0226. The molecule has 2 N–H and O–H groups in total. The van der Waals surface area contributed by atoms with Crippen LogP contribution in [-0.2, 0) is 35.3 Å². The van der Waals surface area contributed by atoms with Crippen LogP contribution in [0.4, 0.5) is 15.5 Å². The lowest BCUT2D eigenvalue weighted by atomic mass is 10.0. The van der Waals surface area contributed by atoms with E-state index < -0.39 is 5.60 Å². The second kappa shape index (κ2) is 12.6. The van der Waals surface area contributed by atoms with Crippen LogP contribution in [0.3, 0.4) is 0 Å². The second-order valence-electron chi connectivity index (χ2n) is 10.8. The average Bonchev–Trinajstić information content (AvgIpc) is 3.31. The Kier molecular flexibility index (Phi) is 9.14. The van der Waals surface area contributed by atoms with E-state index in [1.54, 1.807) is 17.0 Å². The fourth-order valence-corrected chi connectivity index (χ4v) is 5.89. The van der Waals surface area contributed by atoms with Gasteiger partial charge in [0.25, 0.3) is 5.91 Å². The first-order valence-electron chi connectivity index (χ1n) is 13.5. The number of methoxy groups -OCH3 is 1. The summed E-state index contributed by atoms with van der Waals surface area (Å²) in [5.74, 6) is -0.486. The monoisotopic (exact) mass is 563 g/mol. The van der Waals surface area contributed by atoms with Gasteiger partial charge < -0.3 is 25.0 Å². The van der Waals surface area contributed by atoms with Crippen molar-refractivity contribution in [3.05, 3.63) is 81.2 Å². The summed E-state index contributed by atoms with van der Waals surface area (Å²) >= 11 is 1.51. The molecule has 0 radical (unpaired) electrons. The Balaban J connectivity index is 1.34. The lowest BCUT2D eigenvalue weighted by Gasteiger charge is -2.30. The third-order valence-electron chi connectivity index (χ3n) is 6.68. The molecule has 40 heavy (non-hydrogen) atoms. The number of ether oxygens (including phenoxy) is 2. The largest absolute Gasteiger partial charge is 0.465 e. The molecule has 1 aliphatic heterocycles. The second-order valence-corrected chi connectivity index (χ2v) is 11.9. The Labute approximate surface area is 239 Å². The molecule has 0 saturated heterocycles. The van der Waals surface area contributed by atoms with Gasteiger partial charge in [-0.05, 0) is 87.4 Å². The molecule has 0 spiro atoms. The maximum Gasteiger partial charge on any atom is 0.410 e. The van der Waals surface area contributed by atoms with Gasteiger partial charge >= 0.3 is 12.1 Å². The molecule has 3 aromatic rings. The van der Waals surface area contributed by atoms with Crippen molar-refractivity contribution in [2.24, 2.45) is 0 Å². The molecule has 4 rings (SSSR count). The van der Waals surface area contributed by atoms with Crippen LogP contribution in [0.15, 0.2) is 48.5 Å². The van der Waals surface area contributed by atoms with Crippen LogP contribution in [0.1, 0.15) is 69.5 Å². The topological polar surface area (TPSA) is 97.0 Å². The molecule has 0 atom stereocenters. The molecule has 2 heterocycles. The van der Waals surface area contributed by atoms with Crippen LogP contribution in [0.5, 0.6) is 0 Å². The number of hydrogen-bond acceptors (Lipinski definition) is 7. The summed E-state index contributed by atoms with van der Waals surface area (Å²) in [5.41, 5.74) is 4.73. The van der Waals surface area contributed by atoms with Gasteiger partial charge in [0.05, 0.1) is 24.8 Å². The Morgan fingerprint density at radius 3 is 2.17 bits per heavy atom. The summed E-state index contributed by atoms with van der Waals surface area (Å²) in [7, 11) is 3.19. The van der Waals surface area contributed by atoms with Crippen LogP contribution >= 0.6 is 11.3 Å². The van der Waals surface area contributed by atoms with Gasteiger partial charge in [-0.2, -0.15) is 0 Å². The number of aryl methyl sites for hydroxylation is 2. The highest BCUT2D eigenvalue weighted by Gasteiger charge is 2.31. The van der Waals surface area contributed by atoms with E-state index in [1.807, 2.05) is 64.2 Å². The van der Waals surface area contributed by atoms with Crippen molar-refractivity contribution in [3.8, 4) is 0 Å². The Bertz CT molecular complexity index is 1360. The summed E-state index contributed by atoms with van der Waals surface area (Å²) in [4.78, 5) is 40.2. The quantitative estimate of drug-likeness (QED) is 0.312. The van der Waals surface area contributed by atoms with E-state index in [1.165, 1.54) is 29.6 Å². The molecule has 2 amide bonds. The molecule has 1 aliphatic rings. The van der Waals surface area contributed by atoms with Crippen LogP contribution < -0.4 is 10.6 Å². The summed E-state index contributed by atoms with van der Waals surface area (Å²) in [6.07, 6.45) is 3.04. The first kappa shape index (κ1) is 29.1. The van der Waals surface area contributed by atoms with E-state index >= 15 is 0 Å². The van der Waals surface area contributed by atoms with E-state index in [9.17, 15) is 14.4 Å². The highest BCUT2D eigenvalue weighted by Crippen LogP contribution is 2.37. The predicted octanol–water partition coefficient (Wildman–Crippen LogP) is 6.30. The number of esters is 1. The smallest absolute Gasteiger partial charge is 0.410 e. The van der Waals surface area contributed by atoms with E-state index in [0.717, 1.165) is 40.4 Å². The van der Waals surface area contributed by atoms with Gasteiger partial charge in [0.1, 0.15) is 10.6 Å². The third-order valence-corrected chi connectivity index (χ3v) is 7.91. The zero-order chi connectivity index (χ0) is 28.9. The molecule has 0 aliphatic carbocycles. The van der Waals surface area contributed by atoms with Gasteiger partial charge in [0, 0.05) is 24.2 Å². The normalized spacial score (nSPS) is 12.9. The van der Waals surface area contributed by atoms with E-state index in [4.69, 9.17) is 9.47 Å². The van der Waals surface area contributed by atoms with Gasteiger partial charge in [0.2, 0.25) is 0 Å². The van der Waals surface area contributed by atoms with E-state index in [-0.39, 0.29) is 18.0 Å². The summed E-state index contributed by atoms with van der Waals surface area (Å²) in [6.45, 7) is 6.50. The molecule has 8 nitrogen and oxygen atoms in total. The molecule has 1 aromatic heterocycles. The van der Waals surface area contributed by atoms with Crippen molar-refractivity contribution in [1.29, 1.82) is 0 Å². The number of nitrogens with zero attached hydrogens (tertiary/aromatic N) is 1. The number of carbonyl (C=O) groups excluding carboxylic acids is 3. The van der Waals surface area contributed by atoms with E-state index in [2.05, 4.69) is 10.6 Å². The summed E-state index contributed by atoms with van der Waals surface area (Å²) < 4.78 is 10.3. The number of fused-ring (bicyclic) bond motifs is 1. The molecule has 2 aromatic carbocycles. The van der Waals surface area contributed by atoms with Crippen LogP contribution in [-0.4, -0.2) is 49.2 Å². The van der Waals surface area contributed by atoms with Crippen molar-refractivity contribution < 1.29 is 23.9 Å². The Morgan fingerprint density at radius 1 is 0.975 bits per heavy atom. The maximum absolute atomic E-state index is 13.4. The number of anilines is 2. The Morgan fingerprint density at radius 2 is 1.60 bits per heavy atom. The highest BCUT2D eigenvalue weighted by molar-refractivity contribution is 7.16. The van der Waals surface area contributed by atoms with Crippen molar-refractivity contribution in [3.63, 3.8) is 0 Å². The fraction of sp³-hybridized carbons (Fsp3) is 0.387. The molecule has 0 unspecified atom stereocenters. The minimum Gasteiger partial charge on any atom is -0.465 e. The molecule has 0 bridgehead atoms. The van der Waals surface area contributed by atoms with Gasteiger partial charge in [-0.15, -0.1) is 11.3 Å². The summed E-state index contributed by atoms with van der Waals surface area (Å²) in [5, 5.41) is 7.00. The van der Waals surface area contributed by atoms with Crippen molar-refractivity contribution in [2.75, 3.05) is 31.3 Å². The van der Waals surface area contributed by atoms with Crippen LogP contribution in [0.2, 0.25) is 0 Å². The first-order chi connectivity index (χ1) is 19.1. The molecule has 212 valence electrons. The summed E-state index contributed by atoms with van der Waals surface area (Å²) in [6, 6.07) is 15.4. The number of nitrogens with one attached hydrogen (secondary N) is 2. The highest BCUT2D eigenvalue weighted by atomic mass is 32.1. The van der Waals surface area contributed by atoms with E-state index in [0.29, 0.717) is 30.6 Å². The molecule has 0 fully saturated rings. The minimum atomic E-state index is -0.553. The minimum absolute atomic E-state index is 0.157. The van der Waals surface area contributed by atoms with Gasteiger partial charge in [-0.3, -0.25) is 4.79 Å². The number of amides is 2. The van der Waals surface area contributed by atoms with Crippen LogP contribution in [0, 0.1) is 0 Å². The Hall–Kier alpha value is -3.85. The number of hydrogen-bond donors (Lipinski definition) is 2. The van der Waals surface area contributed by atoms with Crippen molar-refractivity contribution in [1.82, 2.24) is 4.90 Å². The van der Waals surface area contributed by atoms with Gasteiger partial charge in [-0.25, -0.2) is 9.59 Å². The van der Waals surface area contributed by atoms with Crippen molar-refractivity contribution in [2.45, 2.75) is 58.6 Å². The SMILES string of the molecule is CNc1sc2c(c1C(=O)Nc1ccc(CCCc3ccc(C(=O)OC)cc3)cc1)CCN(C(=O)OC(C)(C)C)C2. The first-order valence-corrected chi connectivity index (χ1v) is 14.3. The third kappa shape index (κ3) is 7.21. The van der Waals surface area contributed by atoms with Crippen LogP contribution in [0.25, 0.3) is 0 Å². The van der Waals surface area contributed by atoms with Gasteiger partial charge in [-0.1, -0.05) is 24.3 Å². The molecular formula is C31H37N3O5S. The lowest BCUT2D eigenvalue weighted by Crippen LogP contribution is -2.39. The number of benzene rings is 2. The number of rotatable bonds is 8. The maximum atomic E-state index is 13.4. The number of thiophene rings is 1. The fourth-order valence-electron chi connectivity index (χ4n) is 4.67. The zero-order valence-corrected chi connectivity index (χ0v) is 24.6. The van der Waals surface area contributed by atoms with Crippen molar-refractivity contribution >= 4 is 40.0 Å². The predicted molar refractivity (Wildman–Crippen MR) is 158 cm³/mol. The standard InChI is InChI=1S/C31H37N3O5S/c1-31(2,3)39-30(37)34-18-17-24-25(19-34)40-28(32-4)26(24)27(35)33-23-15-11-21(12-16-23)8-6-7-20-9-13-22(14-10-20)29(36)38-5/h9-16,32H,6-8,17-19H2,1-5H3,(H,33,35). The zero-order valence-electron chi connectivity index (χ0n) is 23.8. The number of carbonyl (C=O) groups is 3. The molecule has 0 saturated carbocycles. The average molecular weight is 564 g/mol. The molecular weight excluding hydrogens is 526 g/mol. The van der Waals surface area contributed by atoms with Gasteiger partial charge in [0.15, 0.2) is 0 Å².